The van der Waals surface area contributed by atoms with Crippen LogP contribution in [-0.2, 0) is 12.3 Å². The molecule has 0 atom stereocenters. The van der Waals surface area contributed by atoms with Crippen LogP contribution in [0.25, 0.3) is 21.8 Å². The molecule has 0 fully saturated rings. The van der Waals surface area contributed by atoms with Gasteiger partial charge in [0.25, 0.3) is 5.56 Å². The maximum Gasteiger partial charge on any atom is 0.259 e. The molecule has 1 aromatic carbocycles. The number of rotatable bonds is 6. The first-order chi connectivity index (χ1) is 15.5. The van der Waals surface area contributed by atoms with E-state index in [4.69, 9.17) is 4.42 Å². The van der Waals surface area contributed by atoms with Crippen LogP contribution in [0, 0.1) is 13.8 Å². The number of fused-ring (bicyclic) bond motifs is 1. The summed E-state index contributed by atoms with van der Waals surface area (Å²) in [5.41, 5.74) is 2.02. The maximum absolute atomic E-state index is 12.6. The highest BCUT2D eigenvalue weighted by atomic mass is 79.9. The van der Waals surface area contributed by atoms with Gasteiger partial charge in [0.1, 0.15) is 10.7 Å². The SMILES string of the molecule is Cc1sc2nc(CSc3nnc(-c4ccc(Br)o4)n3Cc3ccccc3)[nH]c(=O)c2c1C. The van der Waals surface area contributed by atoms with E-state index < -0.39 is 0 Å². The zero-order valence-corrected chi connectivity index (χ0v) is 20.5. The van der Waals surface area contributed by atoms with Crippen LogP contribution in [0.15, 0.2) is 61.5 Å². The number of nitrogens with one attached hydrogen (secondary N) is 1. The number of halogens is 1. The Morgan fingerprint density at radius 1 is 1.16 bits per heavy atom. The van der Waals surface area contributed by atoms with Gasteiger partial charge in [-0.2, -0.15) is 0 Å². The molecule has 0 aliphatic rings. The first kappa shape index (κ1) is 21.2. The van der Waals surface area contributed by atoms with E-state index in [-0.39, 0.29) is 5.56 Å². The summed E-state index contributed by atoms with van der Waals surface area (Å²) in [5, 5.41) is 10.2. The molecule has 162 valence electrons. The molecule has 4 aromatic heterocycles. The fourth-order valence-electron chi connectivity index (χ4n) is 3.42. The highest BCUT2D eigenvalue weighted by molar-refractivity contribution is 9.10. The number of furan rings is 1. The highest BCUT2D eigenvalue weighted by Crippen LogP contribution is 2.30. The van der Waals surface area contributed by atoms with Gasteiger partial charge in [0.2, 0.25) is 5.82 Å². The van der Waals surface area contributed by atoms with Gasteiger partial charge in [0, 0.05) is 4.88 Å². The van der Waals surface area contributed by atoms with Crippen molar-refractivity contribution in [3.05, 3.63) is 79.3 Å². The summed E-state index contributed by atoms with van der Waals surface area (Å²) in [6, 6.07) is 13.8. The van der Waals surface area contributed by atoms with Gasteiger partial charge < -0.3 is 9.40 Å². The molecular formula is C22H18BrN5O2S2. The third-order valence-electron chi connectivity index (χ3n) is 5.12. The van der Waals surface area contributed by atoms with Crippen LogP contribution in [0.3, 0.4) is 0 Å². The van der Waals surface area contributed by atoms with Gasteiger partial charge in [-0.15, -0.1) is 21.5 Å². The van der Waals surface area contributed by atoms with Crippen molar-refractivity contribution in [2.45, 2.75) is 31.3 Å². The quantitative estimate of drug-likeness (QED) is 0.291. The number of nitrogens with zero attached hydrogens (tertiary/aromatic N) is 4. The van der Waals surface area contributed by atoms with Crippen molar-refractivity contribution in [2.75, 3.05) is 0 Å². The lowest BCUT2D eigenvalue weighted by Crippen LogP contribution is -2.11. The van der Waals surface area contributed by atoms with E-state index in [1.54, 1.807) is 11.3 Å². The van der Waals surface area contributed by atoms with Crippen LogP contribution < -0.4 is 5.56 Å². The molecule has 0 aliphatic heterocycles. The summed E-state index contributed by atoms with van der Waals surface area (Å²) in [4.78, 5) is 22.1. The van der Waals surface area contributed by atoms with Gasteiger partial charge in [0.05, 0.1) is 17.7 Å². The summed E-state index contributed by atoms with van der Waals surface area (Å²) < 4.78 is 8.37. The Bertz CT molecular complexity index is 1470. The van der Waals surface area contributed by atoms with Crippen molar-refractivity contribution in [3.8, 4) is 11.6 Å². The number of aromatic nitrogens is 5. The molecule has 0 unspecified atom stereocenters. The first-order valence-corrected chi connectivity index (χ1v) is 12.4. The van der Waals surface area contributed by atoms with Crippen molar-refractivity contribution >= 4 is 49.2 Å². The molecule has 0 radical (unpaired) electrons. The average molecular weight is 528 g/mol. The lowest BCUT2D eigenvalue weighted by molar-refractivity contribution is 0.545. The lowest BCUT2D eigenvalue weighted by atomic mass is 10.2. The molecule has 0 saturated carbocycles. The van der Waals surface area contributed by atoms with E-state index in [2.05, 4.69) is 48.2 Å². The molecule has 5 aromatic rings. The average Bonchev–Trinajstić information content (AvgIpc) is 3.45. The Hall–Kier alpha value is -2.69. The molecule has 0 saturated heterocycles. The molecule has 5 rings (SSSR count). The Kier molecular flexibility index (Phi) is 5.75. The Labute approximate surface area is 200 Å². The van der Waals surface area contributed by atoms with Gasteiger partial charge in [-0.05, 0) is 53.0 Å². The number of aryl methyl sites for hydroxylation is 2. The van der Waals surface area contributed by atoms with E-state index in [1.165, 1.54) is 11.8 Å². The molecule has 0 aliphatic carbocycles. The second kappa shape index (κ2) is 8.68. The van der Waals surface area contributed by atoms with Crippen molar-refractivity contribution in [3.63, 3.8) is 0 Å². The number of hydrogen-bond acceptors (Lipinski definition) is 7. The maximum atomic E-state index is 12.6. The van der Waals surface area contributed by atoms with Crippen molar-refractivity contribution in [2.24, 2.45) is 0 Å². The monoisotopic (exact) mass is 527 g/mol. The molecule has 10 heteroatoms. The van der Waals surface area contributed by atoms with Crippen LogP contribution >= 0.6 is 39.0 Å². The van der Waals surface area contributed by atoms with Crippen molar-refractivity contribution in [1.29, 1.82) is 0 Å². The first-order valence-electron chi connectivity index (χ1n) is 9.84. The lowest BCUT2D eigenvalue weighted by Gasteiger charge is -2.09. The minimum absolute atomic E-state index is 0.0978. The van der Waals surface area contributed by atoms with E-state index in [0.717, 1.165) is 26.0 Å². The highest BCUT2D eigenvalue weighted by Gasteiger charge is 2.19. The largest absolute Gasteiger partial charge is 0.446 e. The smallest absolute Gasteiger partial charge is 0.259 e. The third-order valence-corrected chi connectivity index (χ3v) is 7.63. The topological polar surface area (TPSA) is 89.6 Å². The second-order valence-electron chi connectivity index (χ2n) is 7.25. The Morgan fingerprint density at radius 2 is 1.97 bits per heavy atom. The molecule has 7 nitrogen and oxygen atoms in total. The Morgan fingerprint density at radius 3 is 2.72 bits per heavy atom. The molecule has 4 heterocycles. The fourth-order valence-corrected chi connectivity index (χ4v) is 5.58. The zero-order chi connectivity index (χ0) is 22.2. The molecule has 0 bridgehead atoms. The second-order valence-corrected chi connectivity index (χ2v) is 10.2. The van der Waals surface area contributed by atoms with Crippen molar-refractivity contribution < 1.29 is 4.42 Å². The van der Waals surface area contributed by atoms with E-state index in [0.29, 0.717) is 39.8 Å². The van der Waals surface area contributed by atoms with Gasteiger partial charge in [-0.25, -0.2) is 4.98 Å². The summed E-state index contributed by atoms with van der Waals surface area (Å²) in [5.74, 6) is 2.36. The molecule has 0 spiro atoms. The van der Waals surface area contributed by atoms with E-state index >= 15 is 0 Å². The molecule has 0 amide bonds. The van der Waals surface area contributed by atoms with Crippen LogP contribution in [0.1, 0.15) is 21.8 Å². The van der Waals surface area contributed by atoms with Crippen LogP contribution in [0.2, 0.25) is 0 Å². The minimum atomic E-state index is -0.0978. The summed E-state index contributed by atoms with van der Waals surface area (Å²) in [6.07, 6.45) is 0. The molecule has 32 heavy (non-hydrogen) atoms. The van der Waals surface area contributed by atoms with Gasteiger partial charge >= 0.3 is 0 Å². The van der Waals surface area contributed by atoms with E-state index in [1.807, 2.05) is 48.7 Å². The zero-order valence-electron chi connectivity index (χ0n) is 17.3. The van der Waals surface area contributed by atoms with Gasteiger partial charge in [-0.3, -0.25) is 9.36 Å². The summed E-state index contributed by atoms with van der Waals surface area (Å²) >= 11 is 6.38. The Balaban J connectivity index is 1.47. The van der Waals surface area contributed by atoms with Crippen LogP contribution in [0.4, 0.5) is 0 Å². The number of thiophene rings is 1. The standard InChI is InChI=1S/C22H18BrN5O2S2/c1-12-13(2)32-21-18(12)20(29)24-17(25-21)11-31-22-27-26-19(15-8-9-16(23)30-15)28(22)10-14-6-4-3-5-7-14/h3-9H,10-11H2,1-2H3,(H,24,25,29). The molecular weight excluding hydrogens is 510 g/mol. The van der Waals surface area contributed by atoms with E-state index in [9.17, 15) is 4.79 Å². The number of H-pyrrole nitrogens is 1. The number of benzene rings is 1. The normalized spacial score (nSPS) is 11.5. The number of aromatic amines is 1. The summed E-state index contributed by atoms with van der Waals surface area (Å²) in [6.45, 7) is 4.56. The van der Waals surface area contributed by atoms with Crippen molar-refractivity contribution in [1.82, 2.24) is 24.7 Å². The number of thioether (sulfide) groups is 1. The summed E-state index contributed by atoms with van der Waals surface area (Å²) in [7, 11) is 0. The number of hydrogen-bond donors (Lipinski definition) is 1. The molecule has 1 N–H and O–H groups in total. The fraction of sp³-hybridized carbons (Fsp3) is 0.182. The predicted molar refractivity (Wildman–Crippen MR) is 130 cm³/mol. The minimum Gasteiger partial charge on any atom is -0.446 e. The predicted octanol–water partition coefficient (Wildman–Crippen LogP) is 5.56. The van der Waals surface area contributed by atoms with Gasteiger partial charge in [0.15, 0.2) is 15.6 Å². The van der Waals surface area contributed by atoms with Crippen LogP contribution in [-0.4, -0.2) is 24.7 Å². The van der Waals surface area contributed by atoms with Gasteiger partial charge in [-0.1, -0.05) is 42.1 Å². The van der Waals surface area contributed by atoms with Crippen LogP contribution in [0.5, 0.6) is 0 Å². The third kappa shape index (κ3) is 4.05.